The zero-order valence-electron chi connectivity index (χ0n) is 30.6. The second kappa shape index (κ2) is 12.3. The molecule has 2 aliphatic rings. The van der Waals surface area contributed by atoms with Gasteiger partial charge in [-0.2, -0.15) is 0 Å². The van der Waals surface area contributed by atoms with E-state index in [4.69, 9.17) is 4.74 Å². The fourth-order valence-corrected chi connectivity index (χ4v) is 9.00. The van der Waals surface area contributed by atoms with Crippen LogP contribution in [0.15, 0.2) is 182 Å². The molecule has 1 aromatic heterocycles. The first kappa shape index (κ1) is 31.5. The summed E-state index contributed by atoms with van der Waals surface area (Å²) in [5.41, 5.74) is 16.3. The van der Waals surface area contributed by atoms with Crippen molar-refractivity contribution in [2.24, 2.45) is 0 Å². The lowest BCUT2D eigenvalue weighted by molar-refractivity contribution is 0.487. The van der Waals surface area contributed by atoms with Crippen LogP contribution < -0.4 is 30.9 Å². The summed E-state index contributed by atoms with van der Waals surface area (Å²) >= 11 is 0. The third kappa shape index (κ3) is 4.79. The number of fused-ring (bicyclic) bond motifs is 7. The van der Waals surface area contributed by atoms with Crippen molar-refractivity contribution in [1.29, 1.82) is 0 Å². The molecule has 0 unspecified atom stereocenters. The quantitative estimate of drug-likeness (QED) is 0.166. The lowest BCUT2D eigenvalue weighted by Gasteiger charge is -2.41. The smallest absolute Gasteiger partial charge is 0.256 e. The van der Waals surface area contributed by atoms with E-state index in [1.165, 1.54) is 55.2 Å². The lowest BCUT2D eigenvalue weighted by Crippen LogP contribution is -2.59. The Hall–Kier alpha value is -6.98. The average molecular weight is 706 g/mol. The van der Waals surface area contributed by atoms with Crippen molar-refractivity contribution >= 4 is 79.0 Å². The van der Waals surface area contributed by atoms with Crippen LogP contribution in [0.2, 0.25) is 0 Å². The first-order valence-corrected chi connectivity index (χ1v) is 19.0. The van der Waals surface area contributed by atoms with Gasteiger partial charge >= 0.3 is 0 Å². The second-order valence-corrected chi connectivity index (χ2v) is 14.7. The van der Waals surface area contributed by atoms with Crippen LogP contribution in [-0.2, 0) is 0 Å². The molecule has 4 nitrogen and oxygen atoms in total. The van der Waals surface area contributed by atoms with Gasteiger partial charge in [0.15, 0.2) is 0 Å². The van der Waals surface area contributed by atoms with Crippen molar-refractivity contribution in [2.45, 2.75) is 13.8 Å². The number of anilines is 6. The zero-order chi connectivity index (χ0) is 36.6. The minimum atomic E-state index is 0.0238. The Balaban J connectivity index is 1.14. The molecule has 0 radical (unpaired) electrons. The van der Waals surface area contributed by atoms with Gasteiger partial charge in [-0.15, -0.1) is 0 Å². The molecule has 11 rings (SSSR count). The number of ether oxygens (including phenoxy) is 1. The van der Waals surface area contributed by atoms with Gasteiger partial charge in [-0.05, 0) is 103 Å². The summed E-state index contributed by atoms with van der Waals surface area (Å²) in [6.45, 7) is 4.38. The van der Waals surface area contributed by atoms with E-state index in [1.54, 1.807) is 0 Å². The maximum atomic E-state index is 7.03. The number of benzene rings is 8. The van der Waals surface area contributed by atoms with E-state index < -0.39 is 0 Å². The Labute approximate surface area is 321 Å². The molecule has 0 amide bonds. The maximum Gasteiger partial charge on any atom is 0.256 e. The van der Waals surface area contributed by atoms with Gasteiger partial charge in [0.1, 0.15) is 11.5 Å². The minimum Gasteiger partial charge on any atom is -0.458 e. The van der Waals surface area contributed by atoms with Crippen molar-refractivity contribution in [2.75, 3.05) is 9.80 Å². The van der Waals surface area contributed by atoms with E-state index in [0.29, 0.717) is 0 Å². The zero-order valence-corrected chi connectivity index (χ0v) is 30.6. The number of nitrogens with zero attached hydrogens (tertiary/aromatic N) is 3. The monoisotopic (exact) mass is 705 g/mol. The minimum absolute atomic E-state index is 0.0238. The highest BCUT2D eigenvalue weighted by Gasteiger charge is 2.42. The number of hydrogen-bond acceptors (Lipinski definition) is 3. The summed E-state index contributed by atoms with van der Waals surface area (Å²) in [6, 6.07) is 65.7. The highest BCUT2D eigenvalue weighted by Crippen LogP contribution is 2.46. The van der Waals surface area contributed by atoms with Crippen LogP contribution >= 0.6 is 0 Å². The van der Waals surface area contributed by atoms with E-state index in [-0.39, 0.29) is 6.71 Å². The SMILES string of the molecule is Cc1ccc(N(c2ccc3c(c2)Oc2ccc(C)c4c2B3c2ccccc2N4c2ccccc2)c2cccc3c4ccccc4n(-c4ccccc4)c23)cc1. The Morgan fingerprint density at radius 3 is 2.04 bits per heavy atom. The molecule has 2 aliphatic heterocycles. The normalized spacial score (nSPS) is 12.6. The predicted octanol–water partition coefficient (Wildman–Crippen LogP) is 11.3. The molecule has 5 heteroatoms. The summed E-state index contributed by atoms with van der Waals surface area (Å²) < 4.78 is 9.44. The van der Waals surface area contributed by atoms with Crippen LogP contribution in [-0.4, -0.2) is 11.3 Å². The van der Waals surface area contributed by atoms with Crippen LogP contribution in [0.4, 0.5) is 34.1 Å². The Bertz CT molecular complexity index is 2940. The molecule has 3 heterocycles. The third-order valence-electron chi connectivity index (χ3n) is 11.4. The number of rotatable bonds is 5. The Morgan fingerprint density at radius 1 is 0.527 bits per heavy atom. The Morgan fingerprint density at radius 2 is 1.22 bits per heavy atom. The number of aromatic nitrogens is 1. The molecule has 55 heavy (non-hydrogen) atoms. The van der Waals surface area contributed by atoms with Crippen molar-refractivity contribution < 1.29 is 4.74 Å². The van der Waals surface area contributed by atoms with Gasteiger partial charge in [0.25, 0.3) is 6.71 Å². The summed E-state index contributed by atoms with van der Waals surface area (Å²) in [7, 11) is 0. The molecule has 0 saturated carbocycles. The van der Waals surface area contributed by atoms with Gasteiger partial charge in [0, 0.05) is 51.0 Å². The molecule has 0 spiro atoms. The summed E-state index contributed by atoms with van der Waals surface area (Å²) in [5, 5.41) is 2.44. The molecule has 0 fully saturated rings. The summed E-state index contributed by atoms with van der Waals surface area (Å²) in [6.07, 6.45) is 0. The highest BCUT2D eigenvalue weighted by atomic mass is 16.5. The maximum absolute atomic E-state index is 7.03. The first-order chi connectivity index (χ1) is 27.1. The molecular weight excluding hydrogens is 669 g/mol. The van der Waals surface area contributed by atoms with Crippen LogP contribution in [0, 0.1) is 13.8 Å². The van der Waals surface area contributed by atoms with E-state index in [0.717, 1.165) is 45.5 Å². The van der Waals surface area contributed by atoms with Gasteiger partial charge < -0.3 is 19.1 Å². The fourth-order valence-electron chi connectivity index (χ4n) is 9.00. The molecular formula is C50H36BN3O. The van der Waals surface area contributed by atoms with Gasteiger partial charge in [-0.25, -0.2) is 0 Å². The lowest BCUT2D eigenvalue weighted by atomic mass is 9.34. The van der Waals surface area contributed by atoms with E-state index in [1.807, 2.05) is 0 Å². The molecule has 0 aliphatic carbocycles. The largest absolute Gasteiger partial charge is 0.458 e. The molecule has 260 valence electrons. The van der Waals surface area contributed by atoms with Gasteiger partial charge in [0.2, 0.25) is 0 Å². The fraction of sp³-hybridized carbons (Fsp3) is 0.0400. The van der Waals surface area contributed by atoms with Gasteiger partial charge in [-0.3, -0.25) is 0 Å². The second-order valence-electron chi connectivity index (χ2n) is 14.7. The van der Waals surface area contributed by atoms with E-state index in [2.05, 4.69) is 210 Å². The van der Waals surface area contributed by atoms with Crippen LogP contribution in [0.1, 0.15) is 11.1 Å². The van der Waals surface area contributed by atoms with Crippen molar-refractivity contribution in [3.63, 3.8) is 0 Å². The molecule has 9 aromatic rings. The standard InChI is InChI=1S/C50H36BN3O/c1-33-24-27-37(28-25-33)52(45-23-13-19-40-39-18-9-11-21-43(39)53(50(40)45)35-14-5-3-6-15-35)38-29-30-42-47(32-38)55-46-31-26-34(2)49-48(46)51(42)41-20-10-12-22-44(41)54(49)36-16-7-4-8-17-36/h3-32H,1-2H3. The highest BCUT2D eigenvalue weighted by molar-refractivity contribution is 6.99. The summed E-state index contributed by atoms with van der Waals surface area (Å²) in [4.78, 5) is 4.81. The molecule has 8 aromatic carbocycles. The molecule has 0 saturated heterocycles. The van der Waals surface area contributed by atoms with Crippen LogP contribution in [0.5, 0.6) is 11.5 Å². The Kier molecular flexibility index (Phi) is 7.05. The number of hydrogen-bond donors (Lipinski definition) is 0. The molecule has 0 atom stereocenters. The molecule has 0 bridgehead atoms. The topological polar surface area (TPSA) is 20.6 Å². The first-order valence-electron chi connectivity index (χ1n) is 19.0. The third-order valence-corrected chi connectivity index (χ3v) is 11.4. The van der Waals surface area contributed by atoms with Crippen molar-refractivity contribution in [3.05, 3.63) is 193 Å². The number of aryl methyl sites for hydroxylation is 2. The van der Waals surface area contributed by atoms with Crippen molar-refractivity contribution in [1.82, 2.24) is 4.57 Å². The predicted molar refractivity (Wildman–Crippen MR) is 231 cm³/mol. The van der Waals surface area contributed by atoms with Crippen molar-refractivity contribution in [3.8, 4) is 17.2 Å². The van der Waals surface area contributed by atoms with E-state index in [9.17, 15) is 0 Å². The van der Waals surface area contributed by atoms with Crippen LogP contribution in [0.3, 0.4) is 0 Å². The summed E-state index contributed by atoms with van der Waals surface area (Å²) in [5.74, 6) is 1.78. The number of para-hydroxylation sites is 5. The van der Waals surface area contributed by atoms with Gasteiger partial charge in [0.05, 0.1) is 16.7 Å². The molecule has 0 N–H and O–H groups in total. The average Bonchev–Trinajstić information content (AvgIpc) is 3.58. The van der Waals surface area contributed by atoms with E-state index >= 15 is 0 Å². The van der Waals surface area contributed by atoms with Crippen LogP contribution in [0.25, 0.3) is 27.5 Å². The van der Waals surface area contributed by atoms with Gasteiger partial charge in [-0.1, -0.05) is 115 Å².